The highest BCUT2D eigenvalue weighted by Gasteiger charge is 2.28. The summed E-state index contributed by atoms with van der Waals surface area (Å²) >= 11 is 0. The number of fused-ring (bicyclic) bond motifs is 1. The van der Waals surface area contributed by atoms with Gasteiger partial charge in [0, 0.05) is 36.5 Å². The monoisotopic (exact) mass is 582 g/mol. The van der Waals surface area contributed by atoms with Crippen molar-refractivity contribution < 1.29 is 4.52 Å². The van der Waals surface area contributed by atoms with Crippen LogP contribution >= 0.6 is 0 Å². The molecule has 2 saturated carbocycles. The van der Waals surface area contributed by atoms with E-state index in [4.69, 9.17) is 19.5 Å². The van der Waals surface area contributed by atoms with E-state index < -0.39 is 5.76 Å². The predicted molar refractivity (Wildman–Crippen MR) is 164 cm³/mol. The van der Waals surface area contributed by atoms with E-state index in [9.17, 15) is 4.79 Å². The zero-order valence-corrected chi connectivity index (χ0v) is 24.6. The van der Waals surface area contributed by atoms with Gasteiger partial charge in [-0.1, -0.05) is 61.7 Å². The summed E-state index contributed by atoms with van der Waals surface area (Å²) in [5, 5.41) is 18.7. The first-order valence-electron chi connectivity index (χ1n) is 15.4. The molecule has 0 aliphatic heterocycles. The van der Waals surface area contributed by atoms with Gasteiger partial charge < -0.3 is 15.2 Å². The third-order valence-corrected chi connectivity index (χ3v) is 9.26. The van der Waals surface area contributed by atoms with Crippen LogP contribution in [0.2, 0.25) is 0 Å². The average Bonchev–Trinajstić information content (AvgIpc) is 3.71. The van der Waals surface area contributed by atoms with E-state index in [1.54, 1.807) is 0 Å². The molecule has 4 aromatic heterocycles. The van der Waals surface area contributed by atoms with Gasteiger partial charge in [0.25, 0.3) is 0 Å². The molecule has 7 rings (SSSR count). The van der Waals surface area contributed by atoms with Crippen LogP contribution in [0.4, 0.5) is 11.8 Å². The second kappa shape index (κ2) is 11.7. The Morgan fingerprint density at radius 3 is 2.60 bits per heavy atom. The summed E-state index contributed by atoms with van der Waals surface area (Å²) in [6.45, 7) is 5.91. The van der Waals surface area contributed by atoms with Gasteiger partial charge in [-0.2, -0.15) is 10.1 Å². The number of anilines is 2. The molecule has 2 aliphatic carbocycles. The van der Waals surface area contributed by atoms with Crippen LogP contribution in [-0.2, 0) is 13.1 Å². The second-order valence-electron chi connectivity index (χ2n) is 12.3. The van der Waals surface area contributed by atoms with Crippen LogP contribution in [0, 0.1) is 17.8 Å². The van der Waals surface area contributed by atoms with Crippen molar-refractivity contribution in [2.24, 2.45) is 17.8 Å². The Morgan fingerprint density at radius 1 is 1.07 bits per heavy atom. The molecule has 0 radical (unpaired) electrons. The van der Waals surface area contributed by atoms with Crippen molar-refractivity contribution in [2.45, 2.75) is 77.9 Å². The molecule has 0 amide bonds. The number of H-pyrrole nitrogens is 2. The molecular weight excluding hydrogens is 544 g/mol. The molecule has 43 heavy (non-hydrogen) atoms. The Morgan fingerprint density at radius 2 is 1.88 bits per heavy atom. The Labute approximate surface area is 249 Å². The SMILES string of the molecule is C[C@@H](Nc1nc(-c2noc(=O)[nH]2)nc2nc(NCc3c[nH]nc3-c3ccccc3)n(C[C@H]3CC[C@H](C)CC3)c12)C1CCC1. The Balaban J connectivity index is 1.29. The summed E-state index contributed by atoms with van der Waals surface area (Å²) < 4.78 is 7.03. The standard InChI is InChI=1S/C31H38N10O2/c1-18-11-13-20(14-12-18)17-41-25-26(34-19(2)21-9-6-10-21)35-28(29-38-31(42)43-40-29)36-27(25)37-30(41)32-15-23-16-33-39-24(23)22-7-4-3-5-8-22/h3-5,7-8,16,18-21H,6,9-15,17H2,1-2H3,(H,33,39)(H,38,40,42)(H2,32,34,35,36,37)/t18-,19-,20-/m1/s1. The van der Waals surface area contributed by atoms with Crippen molar-refractivity contribution in [1.29, 1.82) is 0 Å². The maximum Gasteiger partial charge on any atom is 0.439 e. The van der Waals surface area contributed by atoms with Gasteiger partial charge in [-0.25, -0.2) is 14.8 Å². The molecule has 4 heterocycles. The van der Waals surface area contributed by atoms with Crippen LogP contribution in [0.3, 0.4) is 0 Å². The fourth-order valence-corrected chi connectivity index (χ4v) is 6.39. The number of benzene rings is 1. The number of rotatable bonds is 10. The summed E-state index contributed by atoms with van der Waals surface area (Å²) in [7, 11) is 0. The molecule has 4 N–H and O–H groups in total. The minimum Gasteiger partial charge on any atom is -0.365 e. The molecule has 224 valence electrons. The number of imidazole rings is 1. The summed E-state index contributed by atoms with van der Waals surface area (Å²) in [5.41, 5.74) is 4.40. The van der Waals surface area contributed by atoms with Crippen LogP contribution in [0.25, 0.3) is 34.1 Å². The van der Waals surface area contributed by atoms with E-state index in [2.05, 4.69) is 61.5 Å². The van der Waals surface area contributed by atoms with Gasteiger partial charge in [0.05, 0.1) is 5.69 Å². The zero-order valence-electron chi connectivity index (χ0n) is 24.6. The van der Waals surface area contributed by atoms with Crippen LogP contribution in [0.15, 0.2) is 45.8 Å². The third-order valence-electron chi connectivity index (χ3n) is 9.26. The molecule has 12 heteroatoms. The molecule has 1 aromatic carbocycles. The number of hydrogen-bond acceptors (Lipinski definition) is 9. The third kappa shape index (κ3) is 5.65. The summed E-state index contributed by atoms with van der Waals surface area (Å²) in [4.78, 5) is 29.0. The first kappa shape index (κ1) is 27.4. The predicted octanol–water partition coefficient (Wildman–Crippen LogP) is 5.60. The average molecular weight is 583 g/mol. The Kier molecular flexibility index (Phi) is 7.42. The van der Waals surface area contributed by atoms with Crippen LogP contribution in [0.5, 0.6) is 0 Å². The topological polar surface area (TPSA) is 155 Å². The highest BCUT2D eigenvalue weighted by atomic mass is 16.5. The van der Waals surface area contributed by atoms with E-state index >= 15 is 0 Å². The van der Waals surface area contributed by atoms with Crippen LogP contribution in [0.1, 0.15) is 64.4 Å². The zero-order chi connectivity index (χ0) is 29.3. The largest absolute Gasteiger partial charge is 0.439 e. The molecule has 0 saturated heterocycles. The van der Waals surface area contributed by atoms with Crippen molar-refractivity contribution in [3.8, 4) is 22.9 Å². The lowest BCUT2D eigenvalue weighted by Crippen LogP contribution is -2.31. The first-order chi connectivity index (χ1) is 21.0. The van der Waals surface area contributed by atoms with Gasteiger partial charge in [-0.05, 0) is 50.4 Å². The number of nitrogens with one attached hydrogen (secondary N) is 4. The maximum absolute atomic E-state index is 11.8. The van der Waals surface area contributed by atoms with Crippen molar-refractivity contribution in [1.82, 2.24) is 39.9 Å². The van der Waals surface area contributed by atoms with Crippen molar-refractivity contribution in [3.05, 3.63) is 52.6 Å². The molecular formula is C31H38N10O2. The van der Waals surface area contributed by atoms with E-state index in [-0.39, 0.29) is 17.7 Å². The molecule has 0 spiro atoms. The normalized spacial score (nSPS) is 19.8. The van der Waals surface area contributed by atoms with E-state index in [1.807, 2.05) is 24.4 Å². The van der Waals surface area contributed by atoms with Gasteiger partial charge in [0.1, 0.15) is 5.52 Å². The number of aromatic nitrogens is 8. The fourth-order valence-electron chi connectivity index (χ4n) is 6.39. The molecule has 5 aromatic rings. The molecule has 12 nitrogen and oxygen atoms in total. The summed E-state index contributed by atoms with van der Waals surface area (Å²) in [6, 6.07) is 10.4. The minimum atomic E-state index is -0.648. The van der Waals surface area contributed by atoms with Crippen molar-refractivity contribution in [3.63, 3.8) is 0 Å². The highest BCUT2D eigenvalue weighted by molar-refractivity contribution is 5.87. The lowest BCUT2D eigenvalue weighted by molar-refractivity contribution is 0.267. The van der Waals surface area contributed by atoms with Gasteiger partial charge in [-0.15, -0.1) is 0 Å². The van der Waals surface area contributed by atoms with Gasteiger partial charge >= 0.3 is 5.76 Å². The second-order valence-corrected chi connectivity index (χ2v) is 12.3. The van der Waals surface area contributed by atoms with Crippen molar-refractivity contribution >= 4 is 22.9 Å². The van der Waals surface area contributed by atoms with Crippen LogP contribution < -0.4 is 16.4 Å². The number of nitrogens with zero attached hydrogens (tertiary/aromatic N) is 6. The van der Waals surface area contributed by atoms with Gasteiger partial charge in [0.15, 0.2) is 11.5 Å². The quantitative estimate of drug-likeness (QED) is 0.165. The lowest BCUT2D eigenvalue weighted by atomic mass is 9.80. The minimum absolute atomic E-state index is 0.183. The van der Waals surface area contributed by atoms with E-state index in [1.165, 1.54) is 44.9 Å². The molecule has 0 bridgehead atoms. The maximum atomic E-state index is 11.8. The Hall–Kier alpha value is -4.48. The van der Waals surface area contributed by atoms with Gasteiger partial charge in [0.2, 0.25) is 17.6 Å². The lowest BCUT2D eigenvalue weighted by Gasteiger charge is -2.32. The van der Waals surface area contributed by atoms with Gasteiger partial charge in [-0.3, -0.25) is 14.6 Å². The molecule has 2 fully saturated rings. The highest BCUT2D eigenvalue weighted by Crippen LogP contribution is 2.36. The van der Waals surface area contributed by atoms with Crippen LogP contribution in [-0.4, -0.2) is 45.9 Å². The van der Waals surface area contributed by atoms with E-state index in [0.29, 0.717) is 29.8 Å². The Bertz CT molecular complexity index is 1740. The summed E-state index contributed by atoms with van der Waals surface area (Å²) in [5.74, 6) is 3.12. The smallest absolute Gasteiger partial charge is 0.365 e. The molecule has 1 atom stereocenters. The molecule has 0 unspecified atom stereocenters. The first-order valence-corrected chi connectivity index (χ1v) is 15.4. The van der Waals surface area contributed by atoms with E-state index in [0.717, 1.165) is 40.7 Å². The number of aromatic amines is 2. The fraction of sp³-hybridized carbons (Fsp3) is 0.484. The van der Waals surface area contributed by atoms with Crippen molar-refractivity contribution in [2.75, 3.05) is 10.6 Å². The number of hydrogen-bond donors (Lipinski definition) is 4. The molecule has 2 aliphatic rings. The summed E-state index contributed by atoms with van der Waals surface area (Å²) in [6.07, 6.45) is 10.4.